The first-order valence-electron chi connectivity index (χ1n) is 4.52. The predicted octanol–water partition coefficient (Wildman–Crippen LogP) is 2.85. The number of fused-ring (bicyclic) bond motifs is 1. The minimum absolute atomic E-state index is 0.0348. The van der Waals surface area contributed by atoms with E-state index in [0.717, 1.165) is 27.4 Å². The highest BCUT2D eigenvalue weighted by Gasteiger charge is 2.01. The van der Waals surface area contributed by atoms with Crippen molar-refractivity contribution in [2.45, 2.75) is 13.3 Å². The van der Waals surface area contributed by atoms with Gasteiger partial charge in [-0.3, -0.25) is 4.79 Å². The Kier molecular flexibility index (Phi) is 2.42. The second-order valence-electron chi connectivity index (χ2n) is 3.20. The van der Waals surface area contributed by atoms with Gasteiger partial charge in [0.25, 0.3) is 0 Å². The third-order valence-electron chi connectivity index (χ3n) is 2.25. The van der Waals surface area contributed by atoms with Gasteiger partial charge in [0, 0.05) is 21.6 Å². The van der Waals surface area contributed by atoms with Gasteiger partial charge in [0.2, 0.25) is 5.56 Å². The fourth-order valence-electron chi connectivity index (χ4n) is 1.60. The van der Waals surface area contributed by atoms with E-state index in [2.05, 4.69) is 20.9 Å². The first kappa shape index (κ1) is 9.46. The molecule has 14 heavy (non-hydrogen) atoms. The smallest absolute Gasteiger partial charge is 0.248 e. The quantitative estimate of drug-likeness (QED) is 0.831. The van der Waals surface area contributed by atoms with Gasteiger partial charge < -0.3 is 4.98 Å². The lowest BCUT2D eigenvalue weighted by molar-refractivity contribution is 1.03. The lowest BCUT2D eigenvalue weighted by Crippen LogP contribution is -2.07. The van der Waals surface area contributed by atoms with Crippen LogP contribution in [0, 0.1) is 0 Å². The molecule has 1 N–H and O–H groups in total. The molecule has 0 aliphatic rings. The number of hydrogen-bond acceptors (Lipinski definition) is 1. The van der Waals surface area contributed by atoms with Gasteiger partial charge in [0.1, 0.15) is 0 Å². The zero-order chi connectivity index (χ0) is 10.1. The van der Waals surface area contributed by atoms with Crippen LogP contribution >= 0.6 is 15.9 Å². The maximum Gasteiger partial charge on any atom is 0.248 e. The van der Waals surface area contributed by atoms with Crippen LogP contribution in [0.2, 0.25) is 0 Å². The summed E-state index contributed by atoms with van der Waals surface area (Å²) < 4.78 is 0.998. The first-order chi connectivity index (χ1) is 6.70. The molecule has 0 saturated carbocycles. The molecule has 0 saturated heterocycles. The number of aryl methyl sites for hydroxylation is 1. The molecule has 3 heteroatoms. The van der Waals surface area contributed by atoms with Crippen molar-refractivity contribution in [3.63, 3.8) is 0 Å². The van der Waals surface area contributed by atoms with E-state index < -0.39 is 0 Å². The Morgan fingerprint density at radius 1 is 1.36 bits per heavy atom. The van der Waals surface area contributed by atoms with Crippen LogP contribution in [0.4, 0.5) is 0 Å². The number of halogens is 1. The fraction of sp³-hybridized carbons (Fsp3) is 0.182. The van der Waals surface area contributed by atoms with Gasteiger partial charge in [0.15, 0.2) is 0 Å². The summed E-state index contributed by atoms with van der Waals surface area (Å²) in [5.74, 6) is 0. The van der Waals surface area contributed by atoms with Crippen molar-refractivity contribution in [3.05, 3.63) is 44.8 Å². The van der Waals surface area contributed by atoms with Gasteiger partial charge in [-0.25, -0.2) is 0 Å². The molecule has 0 aliphatic heterocycles. The van der Waals surface area contributed by atoms with Gasteiger partial charge in [-0.2, -0.15) is 0 Å². The number of aromatic amines is 1. The summed E-state index contributed by atoms with van der Waals surface area (Å²) in [7, 11) is 0. The molecule has 0 spiro atoms. The van der Waals surface area contributed by atoms with E-state index >= 15 is 0 Å². The standard InChI is InChI=1S/C11H10BrNO/c1-2-10-9-4-3-8(12)5-7(9)6-11(14)13-10/h3-6H,2H2,1H3,(H,13,14). The molecule has 1 aromatic heterocycles. The summed E-state index contributed by atoms with van der Waals surface area (Å²) in [6, 6.07) is 7.59. The normalized spacial score (nSPS) is 10.7. The number of aromatic nitrogens is 1. The lowest BCUT2D eigenvalue weighted by Gasteiger charge is -2.03. The summed E-state index contributed by atoms with van der Waals surface area (Å²) in [5.41, 5.74) is 0.965. The summed E-state index contributed by atoms with van der Waals surface area (Å²) >= 11 is 3.39. The largest absolute Gasteiger partial charge is 0.326 e. The van der Waals surface area contributed by atoms with E-state index in [-0.39, 0.29) is 5.56 Å². The van der Waals surface area contributed by atoms with E-state index in [4.69, 9.17) is 0 Å². The second-order valence-corrected chi connectivity index (χ2v) is 4.11. The van der Waals surface area contributed by atoms with Crippen molar-refractivity contribution in [1.29, 1.82) is 0 Å². The van der Waals surface area contributed by atoms with Crippen molar-refractivity contribution >= 4 is 26.7 Å². The van der Waals surface area contributed by atoms with Crippen LogP contribution in [-0.2, 0) is 6.42 Å². The van der Waals surface area contributed by atoms with Gasteiger partial charge >= 0.3 is 0 Å². The lowest BCUT2D eigenvalue weighted by atomic mass is 10.1. The third kappa shape index (κ3) is 1.60. The van der Waals surface area contributed by atoms with Gasteiger partial charge in [-0.15, -0.1) is 0 Å². The Balaban J connectivity index is 2.87. The topological polar surface area (TPSA) is 32.9 Å². The van der Waals surface area contributed by atoms with Crippen LogP contribution in [0.5, 0.6) is 0 Å². The van der Waals surface area contributed by atoms with Crippen LogP contribution in [-0.4, -0.2) is 4.98 Å². The highest BCUT2D eigenvalue weighted by Crippen LogP contribution is 2.20. The van der Waals surface area contributed by atoms with Crippen molar-refractivity contribution < 1.29 is 0 Å². The molecule has 2 nitrogen and oxygen atoms in total. The first-order valence-corrected chi connectivity index (χ1v) is 5.31. The van der Waals surface area contributed by atoms with Crippen molar-refractivity contribution in [3.8, 4) is 0 Å². The Hall–Kier alpha value is -1.09. The van der Waals surface area contributed by atoms with Crippen molar-refractivity contribution in [2.24, 2.45) is 0 Å². The Bertz CT molecular complexity index is 530. The summed E-state index contributed by atoms with van der Waals surface area (Å²) in [4.78, 5) is 14.2. The van der Waals surface area contributed by atoms with Crippen LogP contribution < -0.4 is 5.56 Å². The average molecular weight is 252 g/mol. The molecule has 0 amide bonds. The highest BCUT2D eigenvalue weighted by atomic mass is 79.9. The van der Waals surface area contributed by atoms with Crippen LogP contribution in [0.1, 0.15) is 12.6 Å². The highest BCUT2D eigenvalue weighted by molar-refractivity contribution is 9.10. The molecule has 0 unspecified atom stereocenters. The minimum Gasteiger partial charge on any atom is -0.326 e. The van der Waals surface area contributed by atoms with Gasteiger partial charge in [-0.1, -0.05) is 28.9 Å². The molecule has 0 radical (unpaired) electrons. The molecule has 1 heterocycles. The number of hydrogen-bond donors (Lipinski definition) is 1. The number of benzene rings is 1. The molecule has 0 bridgehead atoms. The van der Waals surface area contributed by atoms with Gasteiger partial charge in [-0.05, 0) is 23.9 Å². The number of rotatable bonds is 1. The monoisotopic (exact) mass is 251 g/mol. The maximum absolute atomic E-state index is 11.3. The average Bonchev–Trinajstić information content (AvgIpc) is 2.15. The molecular weight excluding hydrogens is 242 g/mol. The van der Waals surface area contributed by atoms with Crippen LogP contribution in [0.15, 0.2) is 33.5 Å². The van der Waals surface area contributed by atoms with Crippen molar-refractivity contribution in [2.75, 3.05) is 0 Å². The van der Waals surface area contributed by atoms with Gasteiger partial charge in [0.05, 0.1) is 0 Å². The SMILES string of the molecule is CCc1[nH]c(=O)cc2cc(Br)ccc12. The number of pyridine rings is 1. The summed E-state index contributed by atoms with van der Waals surface area (Å²) in [6.07, 6.45) is 0.841. The number of nitrogens with one attached hydrogen (secondary N) is 1. The Morgan fingerprint density at radius 3 is 2.86 bits per heavy atom. The molecule has 2 aromatic rings. The van der Waals surface area contributed by atoms with Crippen molar-refractivity contribution in [1.82, 2.24) is 4.98 Å². The van der Waals surface area contributed by atoms with Crippen LogP contribution in [0.25, 0.3) is 10.8 Å². The third-order valence-corrected chi connectivity index (χ3v) is 2.75. The maximum atomic E-state index is 11.3. The van der Waals surface area contributed by atoms with E-state index in [1.807, 2.05) is 25.1 Å². The molecule has 1 aromatic carbocycles. The summed E-state index contributed by atoms with van der Waals surface area (Å²) in [5, 5.41) is 2.11. The predicted molar refractivity (Wildman–Crippen MR) is 61.6 cm³/mol. The minimum atomic E-state index is -0.0348. The van der Waals surface area contributed by atoms with Crippen LogP contribution in [0.3, 0.4) is 0 Å². The molecule has 0 atom stereocenters. The number of H-pyrrole nitrogens is 1. The summed E-state index contributed by atoms with van der Waals surface area (Å²) in [6.45, 7) is 2.03. The zero-order valence-electron chi connectivity index (χ0n) is 7.80. The second kappa shape index (κ2) is 3.58. The molecule has 0 fully saturated rings. The Labute approximate surface area is 90.1 Å². The molecule has 2 rings (SSSR count). The van der Waals surface area contributed by atoms with E-state index in [0.29, 0.717) is 0 Å². The van der Waals surface area contributed by atoms with E-state index in [9.17, 15) is 4.79 Å². The molecule has 72 valence electrons. The Morgan fingerprint density at radius 2 is 2.14 bits per heavy atom. The fourth-order valence-corrected chi connectivity index (χ4v) is 1.98. The van der Waals surface area contributed by atoms with E-state index in [1.54, 1.807) is 6.07 Å². The molecule has 0 aliphatic carbocycles. The molecular formula is C11H10BrNO. The van der Waals surface area contributed by atoms with E-state index in [1.165, 1.54) is 0 Å². The zero-order valence-corrected chi connectivity index (χ0v) is 9.39.